The minimum absolute atomic E-state index is 0.252. The number of nitrogens with two attached hydrogens (primary N) is 1. The summed E-state index contributed by atoms with van der Waals surface area (Å²) in [6.07, 6.45) is 0. The summed E-state index contributed by atoms with van der Waals surface area (Å²) in [5.41, 5.74) is 7.23. The lowest BCUT2D eigenvalue weighted by Gasteiger charge is -2.07. The van der Waals surface area contributed by atoms with Crippen molar-refractivity contribution in [3.05, 3.63) is 56.2 Å². The molecule has 0 bridgehead atoms. The van der Waals surface area contributed by atoms with Crippen LogP contribution in [0.1, 0.15) is 0 Å². The molecule has 2 aromatic carbocycles. The first kappa shape index (κ1) is 13.9. The van der Waals surface area contributed by atoms with E-state index in [1.54, 1.807) is 24.3 Å². The summed E-state index contributed by atoms with van der Waals surface area (Å²) in [6, 6.07) is 10.4. The number of hydrogen-bond donors (Lipinski definition) is 3. The second kappa shape index (κ2) is 5.38. The molecule has 1 aromatic heterocycles. The maximum Gasteiger partial charge on any atom is 0.260 e. The summed E-state index contributed by atoms with van der Waals surface area (Å²) in [5.74, 6) is 0.343. The van der Waals surface area contributed by atoms with Gasteiger partial charge < -0.3 is 11.1 Å². The zero-order chi connectivity index (χ0) is 15.0. The van der Waals surface area contributed by atoms with Gasteiger partial charge in [-0.25, -0.2) is 4.98 Å². The molecule has 3 rings (SSSR count). The second-order valence-electron chi connectivity index (χ2n) is 4.45. The number of hydrogen-bond acceptors (Lipinski definition) is 4. The molecular weight excluding hydrogens is 356 g/mol. The van der Waals surface area contributed by atoms with E-state index in [-0.39, 0.29) is 5.56 Å². The molecule has 0 fully saturated rings. The summed E-state index contributed by atoms with van der Waals surface area (Å²) in [6.45, 7) is 0. The topological polar surface area (TPSA) is 83.8 Å². The number of H-pyrrole nitrogens is 1. The van der Waals surface area contributed by atoms with E-state index >= 15 is 0 Å². The number of fused-ring (bicyclic) bond motifs is 1. The molecule has 0 amide bonds. The Morgan fingerprint density at radius 3 is 2.81 bits per heavy atom. The van der Waals surface area contributed by atoms with Crippen molar-refractivity contribution in [2.75, 3.05) is 11.1 Å². The average Bonchev–Trinajstić information content (AvgIpc) is 2.44. The average molecular weight is 366 g/mol. The monoisotopic (exact) mass is 364 g/mol. The number of halogens is 2. The first-order valence-electron chi connectivity index (χ1n) is 6.04. The van der Waals surface area contributed by atoms with Crippen LogP contribution in [0.3, 0.4) is 0 Å². The van der Waals surface area contributed by atoms with Gasteiger partial charge in [-0.1, -0.05) is 11.6 Å². The van der Waals surface area contributed by atoms with E-state index in [1.165, 1.54) is 0 Å². The van der Waals surface area contributed by atoms with E-state index in [2.05, 4.69) is 31.2 Å². The van der Waals surface area contributed by atoms with Crippen LogP contribution in [0.4, 0.5) is 17.3 Å². The van der Waals surface area contributed by atoms with Crippen molar-refractivity contribution >= 4 is 55.8 Å². The van der Waals surface area contributed by atoms with Crippen LogP contribution in [0.15, 0.2) is 45.7 Å². The van der Waals surface area contributed by atoms with Crippen LogP contribution >= 0.6 is 27.5 Å². The third-order valence-electron chi connectivity index (χ3n) is 2.91. The fourth-order valence-corrected chi connectivity index (χ4v) is 2.35. The summed E-state index contributed by atoms with van der Waals surface area (Å²) >= 11 is 9.35. The van der Waals surface area contributed by atoms with Crippen LogP contribution < -0.4 is 16.6 Å². The van der Waals surface area contributed by atoms with Crippen LogP contribution in [-0.4, -0.2) is 9.97 Å². The van der Waals surface area contributed by atoms with Gasteiger partial charge in [0.15, 0.2) is 0 Å². The van der Waals surface area contributed by atoms with Gasteiger partial charge in [0.2, 0.25) is 5.95 Å². The molecule has 4 N–H and O–H groups in total. The van der Waals surface area contributed by atoms with Crippen molar-refractivity contribution < 1.29 is 0 Å². The van der Waals surface area contributed by atoms with E-state index in [0.717, 1.165) is 10.2 Å². The number of aromatic amines is 1. The Labute approximate surface area is 133 Å². The van der Waals surface area contributed by atoms with Crippen molar-refractivity contribution in [1.29, 1.82) is 0 Å². The summed E-state index contributed by atoms with van der Waals surface area (Å²) in [4.78, 5) is 19.1. The number of nitrogens with one attached hydrogen (secondary N) is 2. The highest BCUT2D eigenvalue weighted by molar-refractivity contribution is 9.10. The van der Waals surface area contributed by atoms with Crippen LogP contribution in [0, 0.1) is 0 Å². The van der Waals surface area contributed by atoms with Crippen LogP contribution in [0.5, 0.6) is 0 Å². The van der Waals surface area contributed by atoms with Gasteiger partial charge in [0.1, 0.15) is 0 Å². The minimum Gasteiger partial charge on any atom is -0.399 e. The van der Waals surface area contributed by atoms with Gasteiger partial charge in [-0.3, -0.25) is 9.78 Å². The molecule has 106 valence electrons. The van der Waals surface area contributed by atoms with E-state index in [9.17, 15) is 4.79 Å². The van der Waals surface area contributed by atoms with Crippen LogP contribution in [0.25, 0.3) is 10.9 Å². The molecule has 7 heteroatoms. The molecule has 1 heterocycles. The van der Waals surface area contributed by atoms with Gasteiger partial charge in [-0.2, -0.15) is 0 Å². The van der Waals surface area contributed by atoms with Crippen LogP contribution in [-0.2, 0) is 0 Å². The SMILES string of the molecule is Nc1ccc2nc(Nc3ccc(Br)c(Cl)c3)[nH]c(=O)c2c1. The molecule has 21 heavy (non-hydrogen) atoms. The highest BCUT2D eigenvalue weighted by atomic mass is 79.9. The van der Waals surface area contributed by atoms with E-state index in [4.69, 9.17) is 17.3 Å². The molecule has 0 unspecified atom stereocenters. The van der Waals surface area contributed by atoms with Crippen molar-refractivity contribution in [3.8, 4) is 0 Å². The molecule has 0 radical (unpaired) electrons. The van der Waals surface area contributed by atoms with Gasteiger partial charge in [-0.05, 0) is 52.3 Å². The maximum absolute atomic E-state index is 12.0. The Kier molecular flexibility index (Phi) is 3.57. The molecule has 0 saturated heterocycles. The number of nitrogen functional groups attached to an aromatic ring is 1. The highest BCUT2D eigenvalue weighted by Gasteiger charge is 2.05. The Morgan fingerprint density at radius 2 is 2.05 bits per heavy atom. The van der Waals surface area contributed by atoms with Crippen molar-refractivity contribution in [2.45, 2.75) is 0 Å². The highest BCUT2D eigenvalue weighted by Crippen LogP contribution is 2.26. The summed E-state index contributed by atoms with van der Waals surface area (Å²) in [7, 11) is 0. The first-order valence-corrected chi connectivity index (χ1v) is 7.22. The number of rotatable bonds is 2. The fraction of sp³-hybridized carbons (Fsp3) is 0. The fourth-order valence-electron chi connectivity index (χ4n) is 1.93. The lowest BCUT2D eigenvalue weighted by atomic mass is 10.2. The van der Waals surface area contributed by atoms with Crippen molar-refractivity contribution in [2.24, 2.45) is 0 Å². The third-order valence-corrected chi connectivity index (χ3v) is 4.14. The molecule has 3 aromatic rings. The molecule has 0 aliphatic rings. The lowest BCUT2D eigenvalue weighted by Crippen LogP contribution is -2.11. The number of nitrogens with zero attached hydrogens (tertiary/aromatic N) is 1. The number of anilines is 3. The Balaban J connectivity index is 2.03. The van der Waals surface area contributed by atoms with Gasteiger partial charge in [-0.15, -0.1) is 0 Å². The first-order chi connectivity index (χ1) is 10.0. The predicted molar refractivity (Wildman–Crippen MR) is 89.2 cm³/mol. The molecule has 0 aliphatic carbocycles. The van der Waals surface area contributed by atoms with Crippen molar-refractivity contribution in [1.82, 2.24) is 9.97 Å². The number of benzene rings is 2. The molecule has 0 spiro atoms. The van der Waals surface area contributed by atoms with Gasteiger partial charge >= 0.3 is 0 Å². The normalized spacial score (nSPS) is 10.8. The zero-order valence-corrected chi connectivity index (χ0v) is 13.0. The summed E-state index contributed by atoms with van der Waals surface area (Å²) in [5, 5.41) is 4.04. The standard InChI is InChI=1S/C14H10BrClN4O/c15-10-3-2-8(6-11(10)16)18-14-19-12-4-1-7(17)5-9(12)13(21)20-14/h1-6H,17H2,(H2,18,19,20,21). The minimum atomic E-state index is -0.252. The molecule has 0 aliphatic heterocycles. The molecule has 5 nitrogen and oxygen atoms in total. The molecule has 0 saturated carbocycles. The third kappa shape index (κ3) is 2.86. The molecular formula is C14H10BrClN4O. The smallest absolute Gasteiger partial charge is 0.260 e. The van der Waals surface area contributed by atoms with Crippen LogP contribution in [0.2, 0.25) is 5.02 Å². The second-order valence-corrected chi connectivity index (χ2v) is 5.71. The summed E-state index contributed by atoms with van der Waals surface area (Å²) < 4.78 is 0.796. The Morgan fingerprint density at radius 1 is 1.24 bits per heavy atom. The Bertz CT molecular complexity index is 894. The zero-order valence-electron chi connectivity index (χ0n) is 10.7. The molecule has 0 atom stereocenters. The lowest BCUT2D eigenvalue weighted by molar-refractivity contribution is 1.17. The maximum atomic E-state index is 12.0. The van der Waals surface area contributed by atoms with Crippen molar-refractivity contribution in [3.63, 3.8) is 0 Å². The van der Waals surface area contributed by atoms with E-state index in [1.807, 2.05) is 12.1 Å². The van der Waals surface area contributed by atoms with E-state index in [0.29, 0.717) is 27.6 Å². The van der Waals surface area contributed by atoms with Gasteiger partial charge in [0.25, 0.3) is 5.56 Å². The largest absolute Gasteiger partial charge is 0.399 e. The quantitative estimate of drug-likeness (QED) is 0.605. The number of aromatic nitrogens is 2. The van der Waals surface area contributed by atoms with E-state index < -0.39 is 0 Å². The van der Waals surface area contributed by atoms with Gasteiger partial charge in [0.05, 0.1) is 15.9 Å². The Hall–Kier alpha value is -2.05. The van der Waals surface area contributed by atoms with Gasteiger partial charge in [0, 0.05) is 15.8 Å². The predicted octanol–water partition coefficient (Wildman–Crippen LogP) is 3.66.